The van der Waals surface area contributed by atoms with Crippen molar-refractivity contribution >= 4 is 11.6 Å². The van der Waals surface area contributed by atoms with Gasteiger partial charge in [-0.1, -0.05) is 24.3 Å². The molecule has 29 heavy (non-hydrogen) atoms. The lowest BCUT2D eigenvalue weighted by Crippen LogP contribution is -2.38. The maximum absolute atomic E-state index is 13.1. The molecule has 0 atom stereocenters. The molecule has 0 N–H and O–H groups in total. The number of carbonyl (C=O) groups is 1. The van der Waals surface area contributed by atoms with Crippen molar-refractivity contribution in [1.82, 2.24) is 25.1 Å². The fraction of sp³-hybridized carbons (Fsp3) is 0.176. The maximum atomic E-state index is 13.1. The molecule has 0 aliphatic rings. The predicted molar refractivity (Wildman–Crippen MR) is 93.0 cm³/mol. The summed E-state index contributed by atoms with van der Waals surface area (Å²) in [5.41, 5.74) is -0.0408. The van der Waals surface area contributed by atoms with Gasteiger partial charge in [0.1, 0.15) is 12.9 Å². The second-order valence-corrected chi connectivity index (χ2v) is 5.97. The van der Waals surface area contributed by atoms with Crippen LogP contribution in [0.4, 0.5) is 18.9 Å². The molecule has 0 saturated carbocycles. The molecule has 0 aliphatic heterocycles. The molecular formula is C17H13F3N6O3. The number of tetrazole rings is 1. The highest BCUT2D eigenvalue weighted by molar-refractivity contribution is 5.94. The molecule has 0 aliphatic carbocycles. The summed E-state index contributed by atoms with van der Waals surface area (Å²) in [5.74, 6) is -0.935. The van der Waals surface area contributed by atoms with E-state index >= 15 is 0 Å². The van der Waals surface area contributed by atoms with Crippen molar-refractivity contribution in [3.8, 4) is 5.69 Å². The first kappa shape index (κ1) is 19.9. The van der Waals surface area contributed by atoms with E-state index in [1.807, 2.05) is 0 Å². The van der Waals surface area contributed by atoms with Gasteiger partial charge < -0.3 is 4.90 Å². The summed E-state index contributed by atoms with van der Waals surface area (Å²) in [4.78, 5) is 23.8. The molecule has 150 valence electrons. The molecule has 12 heteroatoms. The van der Waals surface area contributed by atoms with Crippen molar-refractivity contribution in [2.45, 2.75) is 12.7 Å². The second kappa shape index (κ2) is 8.04. The summed E-state index contributed by atoms with van der Waals surface area (Å²) >= 11 is 0. The molecule has 0 fully saturated rings. The van der Waals surface area contributed by atoms with Gasteiger partial charge in [-0.25, -0.2) is 4.68 Å². The van der Waals surface area contributed by atoms with Gasteiger partial charge in [-0.05, 0) is 28.6 Å². The third kappa shape index (κ3) is 4.91. The number of hydrogen-bond donors (Lipinski definition) is 0. The van der Waals surface area contributed by atoms with E-state index in [1.54, 1.807) is 6.07 Å². The Balaban J connectivity index is 1.94. The molecular weight excluding hydrogens is 393 g/mol. The summed E-state index contributed by atoms with van der Waals surface area (Å²) in [7, 11) is 0. The van der Waals surface area contributed by atoms with Crippen molar-refractivity contribution in [2.24, 2.45) is 0 Å². The average Bonchev–Trinajstić information content (AvgIpc) is 3.21. The number of rotatable bonds is 6. The van der Waals surface area contributed by atoms with Crippen LogP contribution in [0.1, 0.15) is 15.9 Å². The predicted octanol–water partition coefficient (Wildman–Crippen LogP) is 2.78. The highest BCUT2D eigenvalue weighted by Crippen LogP contribution is 2.24. The number of alkyl halides is 3. The minimum absolute atomic E-state index is 0.00766. The first-order valence-electron chi connectivity index (χ1n) is 8.16. The van der Waals surface area contributed by atoms with E-state index in [1.165, 1.54) is 53.5 Å². The van der Waals surface area contributed by atoms with Crippen molar-refractivity contribution in [3.05, 3.63) is 76.1 Å². The summed E-state index contributed by atoms with van der Waals surface area (Å²) in [5, 5.41) is 21.8. The van der Waals surface area contributed by atoms with E-state index < -0.39 is 30.1 Å². The first-order valence-corrected chi connectivity index (χ1v) is 8.16. The molecule has 9 nitrogen and oxygen atoms in total. The van der Waals surface area contributed by atoms with Crippen LogP contribution in [-0.4, -0.2) is 48.7 Å². The van der Waals surface area contributed by atoms with Crippen molar-refractivity contribution in [2.75, 3.05) is 6.54 Å². The van der Waals surface area contributed by atoms with Gasteiger partial charge in [0.15, 0.2) is 0 Å². The fourth-order valence-electron chi connectivity index (χ4n) is 2.69. The Labute approximate surface area is 161 Å². The van der Waals surface area contributed by atoms with Gasteiger partial charge in [-0.2, -0.15) is 13.2 Å². The number of nitro groups is 1. The third-order valence-electron chi connectivity index (χ3n) is 3.91. The van der Waals surface area contributed by atoms with Crippen LogP contribution in [0.5, 0.6) is 0 Å². The van der Waals surface area contributed by atoms with Gasteiger partial charge in [-0.15, -0.1) is 5.10 Å². The lowest BCUT2D eigenvalue weighted by atomic mass is 10.1. The van der Waals surface area contributed by atoms with Crippen LogP contribution in [-0.2, 0) is 6.54 Å². The second-order valence-electron chi connectivity index (χ2n) is 5.97. The van der Waals surface area contributed by atoms with Crippen LogP contribution in [0.15, 0.2) is 54.9 Å². The Hall–Kier alpha value is -3.83. The van der Waals surface area contributed by atoms with Crippen LogP contribution < -0.4 is 0 Å². The Morgan fingerprint density at radius 2 is 1.93 bits per heavy atom. The lowest BCUT2D eigenvalue weighted by molar-refractivity contribution is -0.385. The van der Waals surface area contributed by atoms with Gasteiger partial charge >= 0.3 is 6.18 Å². The number of carbonyl (C=O) groups excluding carboxylic acids is 1. The van der Waals surface area contributed by atoms with E-state index in [0.29, 0.717) is 10.6 Å². The first-order chi connectivity index (χ1) is 13.7. The zero-order valence-electron chi connectivity index (χ0n) is 14.7. The number of benzene rings is 2. The Kier molecular flexibility index (Phi) is 5.52. The van der Waals surface area contributed by atoms with Gasteiger partial charge in [0.05, 0.1) is 17.2 Å². The Morgan fingerprint density at radius 3 is 2.59 bits per heavy atom. The monoisotopic (exact) mass is 406 g/mol. The molecule has 0 saturated heterocycles. The highest BCUT2D eigenvalue weighted by atomic mass is 19.4. The van der Waals surface area contributed by atoms with Gasteiger partial charge in [0, 0.05) is 17.2 Å². The minimum Gasteiger partial charge on any atom is -0.325 e. The maximum Gasteiger partial charge on any atom is 0.406 e. The van der Waals surface area contributed by atoms with Crippen LogP contribution in [0.2, 0.25) is 0 Å². The Bertz CT molecular complexity index is 1020. The molecule has 0 bridgehead atoms. The average molecular weight is 406 g/mol. The summed E-state index contributed by atoms with van der Waals surface area (Å²) < 4.78 is 40.5. The summed E-state index contributed by atoms with van der Waals surface area (Å²) in [6.45, 7) is -2.14. The number of halogens is 3. The van der Waals surface area contributed by atoms with Gasteiger partial charge in [0.25, 0.3) is 11.6 Å². The largest absolute Gasteiger partial charge is 0.406 e. The number of amides is 1. The molecule has 0 spiro atoms. The SMILES string of the molecule is O=C(c1cccc(-n2cnnn2)c1)N(Cc1ccccc1[N+](=O)[O-])CC(F)(F)F. The number of nitrogens with zero attached hydrogens (tertiary/aromatic N) is 6. The zero-order valence-corrected chi connectivity index (χ0v) is 14.7. The molecule has 0 unspecified atom stereocenters. The summed E-state index contributed by atoms with van der Waals surface area (Å²) in [6.07, 6.45) is -3.42. The quantitative estimate of drug-likeness (QED) is 0.460. The van der Waals surface area contributed by atoms with Crippen molar-refractivity contribution in [1.29, 1.82) is 0 Å². The standard InChI is InChI=1S/C17H13F3N6O3/c18-17(19,20)10-24(9-13-4-1-2-7-15(13)26(28)29)16(27)12-5-3-6-14(8-12)25-11-21-22-23-25/h1-8,11H,9-10H2. The third-order valence-corrected chi connectivity index (χ3v) is 3.91. The van der Waals surface area contributed by atoms with Crippen molar-refractivity contribution in [3.63, 3.8) is 0 Å². The van der Waals surface area contributed by atoms with Crippen LogP contribution in [0, 0.1) is 10.1 Å². The number of aromatic nitrogens is 4. The van der Waals surface area contributed by atoms with Crippen LogP contribution in [0.25, 0.3) is 5.69 Å². The minimum atomic E-state index is -4.69. The molecule has 1 amide bonds. The molecule has 1 heterocycles. The molecule has 0 radical (unpaired) electrons. The van der Waals surface area contributed by atoms with E-state index in [9.17, 15) is 28.1 Å². The highest BCUT2D eigenvalue weighted by Gasteiger charge is 2.34. The Morgan fingerprint density at radius 1 is 1.17 bits per heavy atom. The summed E-state index contributed by atoms with van der Waals surface area (Å²) in [6, 6.07) is 11.1. The topological polar surface area (TPSA) is 107 Å². The number of hydrogen-bond acceptors (Lipinski definition) is 6. The molecule has 1 aromatic heterocycles. The van der Waals surface area contributed by atoms with Gasteiger partial charge in [0.2, 0.25) is 0 Å². The van der Waals surface area contributed by atoms with Gasteiger partial charge in [-0.3, -0.25) is 14.9 Å². The number of nitro benzene ring substituents is 1. The molecule has 3 aromatic rings. The fourth-order valence-corrected chi connectivity index (χ4v) is 2.69. The number of para-hydroxylation sites is 1. The van der Waals surface area contributed by atoms with Crippen LogP contribution >= 0.6 is 0 Å². The van der Waals surface area contributed by atoms with E-state index in [2.05, 4.69) is 15.5 Å². The van der Waals surface area contributed by atoms with Crippen molar-refractivity contribution < 1.29 is 22.9 Å². The lowest BCUT2D eigenvalue weighted by Gasteiger charge is -2.24. The van der Waals surface area contributed by atoms with E-state index in [-0.39, 0.29) is 16.8 Å². The normalized spacial score (nSPS) is 11.3. The van der Waals surface area contributed by atoms with E-state index in [0.717, 1.165) is 0 Å². The van der Waals surface area contributed by atoms with E-state index in [4.69, 9.17) is 0 Å². The molecule has 3 rings (SSSR count). The smallest absolute Gasteiger partial charge is 0.325 e. The zero-order chi connectivity index (χ0) is 21.0. The molecule has 2 aromatic carbocycles. The van der Waals surface area contributed by atoms with Crippen LogP contribution in [0.3, 0.4) is 0 Å².